The van der Waals surface area contributed by atoms with E-state index in [1.54, 1.807) is 18.3 Å². The molecule has 20 heavy (non-hydrogen) atoms. The minimum absolute atomic E-state index is 0.0833. The third-order valence-electron chi connectivity index (χ3n) is 3.18. The molecule has 1 amide bonds. The van der Waals surface area contributed by atoms with Gasteiger partial charge in [-0.3, -0.25) is 14.0 Å². The molecule has 106 valence electrons. The summed E-state index contributed by atoms with van der Waals surface area (Å²) in [5.74, 6) is -1.15. The van der Waals surface area contributed by atoms with Crippen LogP contribution in [0.1, 0.15) is 36.2 Å². The van der Waals surface area contributed by atoms with Crippen molar-refractivity contribution in [3.05, 3.63) is 39.8 Å². The normalized spacial score (nSPS) is 12.3. The van der Waals surface area contributed by atoms with Crippen LogP contribution in [0.3, 0.4) is 0 Å². The van der Waals surface area contributed by atoms with Crippen molar-refractivity contribution in [2.45, 2.75) is 33.2 Å². The maximum atomic E-state index is 12.3. The van der Waals surface area contributed by atoms with Crippen LogP contribution in [0.15, 0.2) is 23.1 Å². The molecule has 6 heteroatoms. The summed E-state index contributed by atoms with van der Waals surface area (Å²) in [6, 6.07) is 3.32. The highest BCUT2D eigenvalue weighted by molar-refractivity contribution is 5.96. The number of fused-ring (bicyclic) bond motifs is 1. The average molecular weight is 275 g/mol. The molecule has 6 nitrogen and oxygen atoms in total. The van der Waals surface area contributed by atoms with Crippen LogP contribution in [0.25, 0.3) is 5.65 Å². The highest BCUT2D eigenvalue weighted by atomic mass is 16.3. The summed E-state index contributed by atoms with van der Waals surface area (Å²) in [6.07, 6.45) is 2.27. The van der Waals surface area contributed by atoms with Gasteiger partial charge in [0.25, 0.3) is 11.5 Å². The maximum absolute atomic E-state index is 12.3. The van der Waals surface area contributed by atoms with Crippen molar-refractivity contribution in [3.8, 4) is 5.88 Å². The summed E-state index contributed by atoms with van der Waals surface area (Å²) < 4.78 is 1.25. The number of amides is 1. The Bertz CT molecular complexity index is 721. The zero-order valence-electron chi connectivity index (χ0n) is 11.7. The van der Waals surface area contributed by atoms with Gasteiger partial charge in [0.2, 0.25) is 5.88 Å². The van der Waals surface area contributed by atoms with Crippen LogP contribution in [0.5, 0.6) is 5.88 Å². The molecule has 2 heterocycles. The van der Waals surface area contributed by atoms with E-state index < -0.39 is 17.3 Å². The summed E-state index contributed by atoms with van der Waals surface area (Å²) in [5, 5.41) is 12.5. The quantitative estimate of drug-likeness (QED) is 0.882. The van der Waals surface area contributed by atoms with Gasteiger partial charge in [-0.1, -0.05) is 6.92 Å². The van der Waals surface area contributed by atoms with Crippen LogP contribution in [-0.2, 0) is 0 Å². The van der Waals surface area contributed by atoms with Gasteiger partial charge < -0.3 is 10.4 Å². The van der Waals surface area contributed by atoms with Crippen LogP contribution >= 0.6 is 0 Å². The Balaban J connectivity index is 2.57. The van der Waals surface area contributed by atoms with Gasteiger partial charge in [-0.05, 0) is 38.0 Å². The fourth-order valence-electron chi connectivity index (χ4n) is 1.82. The van der Waals surface area contributed by atoms with Crippen LogP contribution in [0.4, 0.5) is 0 Å². The van der Waals surface area contributed by atoms with Crippen LogP contribution in [0.2, 0.25) is 0 Å². The molecule has 0 saturated carbocycles. The van der Waals surface area contributed by atoms with E-state index in [1.807, 2.05) is 20.8 Å². The van der Waals surface area contributed by atoms with Crippen molar-refractivity contribution in [3.63, 3.8) is 0 Å². The number of aromatic hydroxyl groups is 1. The Labute approximate surface area is 116 Å². The minimum Gasteiger partial charge on any atom is -0.493 e. The van der Waals surface area contributed by atoms with E-state index in [-0.39, 0.29) is 11.6 Å². The summed E-state index contributed by atoms with van der Waals surface area (Å²) in [6.45, 7) is 5.59. The summed E-state index contributed by atoms with van der Waals surface area (Å²) in [7, 11) is 0. The summed E-state index contributed by atoms with van der Waals surface area (Å²) in [5.41, 5.74) is 0.320. The van der Waals surface area contributed by atoms with E-state index in [4.69, 9.17) is 0 Å². The standard InChI is InChI=1S/C14H17N3O3/c1-4-9(3)15-12(18)11-13(19)16-10-7-8(2)5-6-17(10)14(11)20/h5-7,9,19H,4H2,1-3H3,(H,15,18)/t9-/m0/s1. The number of aryl methyl sites for hydroxylation is 1. The van der Waals surface area contributed by atoms with E-state index >= 15 is 0 Å². The first-order chi connectivity index (χ1) is 9.43. The van der Waals surface area contributed by atoms with Crippen molar-refractivity contribution in [1.82, 2.24) is 14.7 Å². The molecule has 0 fully saturated rings. The SMILES string of the molecule is CC[C@H](C)NC(=O)c1c(O)nc2cc(C)ccn2c1=O. The lowest BCUT2D eigenvalue weighted by Gasteiger charge is -2.12. The van der Waals surface area contributed by atoms with Gasteiger partial charge in [-0.15, -0.1) is 0 Å². The Morgan fingerprint density at radius 3 is 2.90 bits per heavy atom. The van der Waals surface area contributed by atoms with Gasteiger partial charge in [0.05, 0.1) is 0 Å². The third kappa shape index (κ3) is 2.49. The molecule has 1 atom stereocenters. The molecule has 0 unspecified atom stereocenters. The van der Waals surface area contributed by atoms with Crippen LogP contribution in [-0.4, -0.2) is 26.4 Å². The number of aromatic nitrogens is 2. The number of hydrogen-bond acceptors (Lipinski definition) is 4. The molecule has 0 aliphatic heterocycles. The van der Waals surface area contributed by atoms with E-state index in [9.17, 15) is 14.7 Å². The number of hydrogen-bond donors (Lipinski definition) is 2. The molecule has 0 aliphatic carbocycles. The lowest BCUT2D eigenvalue weighted by atomic mass is 10.2. The Kier molecular flexibility index (Phi) is 3.74. The third-order valence-corrected chi connectivity index (χ3v) is 3.18. The monoisotopic (exact) mass is 275 g/mol. The van der Waals surface area contributed by atoms with E-state index in [2.05, 4.69) is 10.3 Å². The van der Waals surface area contributed by atoms with Crippen molar-refractivity contribution >= 4 is 11.6 Å². The lowest BCUT2D eigenvalue weighted by Crippen LogP contribution is -2.36. The molecule has 0 bridgehead atoms. The second kappa shape index (κ2) is 5.32. The van der Waals surface area contributed by atoms with Crippen molar-refractivity contribution in [1.29, 1.82) is 0 Å². The second-order valence-corrected chi connectivity index (χ2v) is 4.83. The molecular formula is C14H17N3O3. The molecule has 2 aromatic heterocycles. The smallest absolute Gasteiger partial charge is 0.274 e. The van der Waals surface area contributed by atoms with E-state index in [0.717, 1.165) is 12.0 Å². The molecule has 0 radical (unpaired) electrons. The minimum atomic E-state index is -0.607. The predicted octanol–water partition coefficient (Wildman–Crippen LogP) is 1.24. The number of rotatable bonds is 3. The van der Waals surface area contributed by atoms with Crippen molar-refractivity contribution in [2.24, 2.45) is 0 Å². The molecular weight excluding hydrogens is 258 g/mol. The molecule has 2 N–H and O–H groups in total. The number of pyridine rings is 1. The Hall–Kier alpha value is -2.37. The number of nitrogens with one attached hydrogen (secondary N) is 1. The first-order valence-corrected chi connectivity index (χ1v) is 6.47. The summed E-state index contributed by atoms with van der Waals surface area (Å²) in [4.78, 5) is 28.2. The Morgan fingerprint density at radius 1 is 1.55 bits per heavy atom. The van der Waals surface area contributed by atoms with Gasteiger partial charge in [-0.2, -0.15) is 4.98 Å². The molecule has 0 spiro atoms. The highest BCUT2D eigenvalue weighted by Crippen LogP contribution is 2.12. The first-order valence-electron chi connectivity index (χ1n) is 6.47. The van der Waals surface area contributed by atoms with Crippen molar-refractivity contribution < 1.29 is 9.90 Å². The molecule has 2 rings (SSSR count). The molecule has 0 aromatic carbocycles. The topological polar surface area (TPSA) is 83.7 Å². The number of carbonyl (C=O) groups excluding carboxylic acids is 1. The van der Waals surface area contributed by atoms with Gasteiger partial charge in [-0.25, -0.2) is 0 Å². The fourth-order valence-corrected chi connectivity index (χ4v) is 1.82. The average Bonchev–Trinajstić information content (AvgIpc) is 2.37. The molecule has 0 aliphatic rings. The van der Waals surface area contributed by atoms with Crippen LogP contribution in [0, 0.1) is 6.92 Å². The maximum Gasteiger partial charge on any atom is 0.274 e. The van der Waals surface area contributed by atoms with Gasteiger partial charge in [0.15, 0.2) is 5.56 Å². The molecule has 2 aromatic rings. The zero-order chi connectivity index (χ0) is 14.9. The largest absolute Gasteiger partial charge is 0.493 e. The van der Waals surface area contributed by atoms with Gasteiger partial charge in [0, 0.05) is 12.2 Å². The number of nitrogens with zero attached hydrogens (tertiary/aromatic N) is 2. The highest BCUT2D eigenvalue weighted by Gasteiger charge is 2.20. The summed E-state index contributed by atoms with van der Waals surface area (Å²) >= 11 is 0. The van der Waals surface area contributed by atoms with E-state index in [0.29, 0.717) is 5.65 Å². The Morgan fingerprint density at radius 2 is 2.25 bits per heavy atom. The second-order valence-electron chi connectivity index (χ2n) is 4.83. The number of carbonyl (C=O) groups is 1. The molecule has 0 saturated heterocycles. The van der Waals surface area contributed by atoms with E-state index in [1.165, 1.54) is 4.40 Å². The fraction of sp³-hybridized carbons (Fsp3) is 0.357. The zero-order valence-corrected chi connectivity index (χ0v) is 11.7. The first kappa shape index (κ1) is 14.0. The van der Waals surface area contributed by atoms with Crippen LogP contribution < -0.4 is 10.9 Å². The van der Waals surface area contributed by atoms with Crippen molar-refractivity contribution in [2.75, 3.05) is 0 Å². The van der Waals surface area contributed by atoms with Gasteiger partial charge in [0.1, 0.15) is 5.65 Å². The van der Waals surface area contributed by atoms with Gasteiger partial charge >= 0.3 is 0 Å². The predicted molar refractivity (Wildman–Crippen MR) is 75.1 cm³/mol. The lowest BCUT2D eigenvalue weighted by molar-refractivity contribution is 0.0934.